The number of allylic oxidation sites excluding steroid dienone is 9. The Morgan fingerprint density at radius 2 is 2.00 bits per heavy atom. The van der Waals surface area contributed by atoms with Crippen LogP contribution in [-0.4, -0.2) is 0 Å². The zero-order chi connectivity index (χ0) is 11.9. The van der Waals surface area contributed by atoms with Gasteiger partial charge in [0.05, 0.1) is 11.6 Å². The number of hydrogen-bond acceptors (Lipinski definition) is 1. The second kappa shape index (κ2) is 3.57. The fourth-order valence-corrected chi connectivity index (χ4v) is 1.86. The molecule has 2 aliphatic rings. The molecule has 0 aromatic rings. The Balaban J connectivity index is 2.57. The van der Waals surface area contributed by atoms with Gasteiger partial charge in [-0.1, -0.05) is 6.58 Å². The molecule has 1 atom stereocenters. The number of nitrogens with zero attached hydrogens (tertiary/aromatic N) is 1. The van der Waals surface area contributed by atoms with Crippen molar-refractivity contribution in [2.75, 3.05) is 0 Å². The molecule has 2 aliphatic carbocycles. The molecular formula is C13H9F2N. The van der Waals surface area contributed by atoms with E-state index in [4.69, 9.17) is 5.26 Å². The van der Waals surface area contributed by atoms with Gasteiger partial charge in [0.2, 0.25) is 0 Å². The molecular weight excluding hydrogens is 208 g/mol. The lowest BCUT2D eigenvalue weighted by Crippen LogP contribution is -2.13. The Morgan fingerprint density at radius 1 is 1.31 bits per heavy atom. The molecule has 0 radical (unpaired) electrons. The Bertz CT molecular complexity index is 539. The van der Waals surface area contributed by atoms with Crippen molar-refractivity contribution in [3.63, 3.8) is 0 Å². The van der Waals surface area contributed by atoms with Gasteiger partial charge in [-0.25, -0.2) is 8.78 Å². The van der Waals surface area contributed by atoms with Gasteiger partial charge >= 0.3 is 0 Å². The SMILES string of the molecule is C=C1C(C)=C(C#N)C=C2C=C(F)C(F)=CC12. The first-order valence-corrected chi connectivity index (χ1v) is 4.81. The first-order valence-electron chi connectivity index (χ1n) is 4.81. The topological polar surface area (TPSA) is 23.8 Å². The lowest BCUT2D eigenvalue weighted by atomic mass is 9.78. The lowest BCUT2D eigenvalue weighted by Gasteiger charge is -2.25. The number of nitriles is 1. The molecule has 0 spiro atoms. The van der Waals surface area contributed by atoms with E-state index in [1.54, 1.807) is 13.0 Å². The van der Waals surface area contributed by atoms with E-state index >= 15 is 0 Å². The van der Waals surface area contributed by atoms with Gasteiger partial charge in [-0.15, -0.1) is 0 Å². The average molecular weight is 217 g/mol. The maximum atomic E-state index is 13.1. The molecule has 80 valence electrons. The number of halogens is 2. The fraction of sp³-hybridized carbons (Fsp3) is 0.154. The standard InChI is InChI=1S/C13H9F2N/c1-7-8(2)11-5-13(15)12(14)4-9(11)3-10(7)6-16/h3-5,11H,2H2,1H3. The molecule has 0 N–H and O–H groups in total. The summed E-state index contributed by atoms with van der Waals surface area (Å²) in [6, 6.07) is 2.02. The third kappa shape index (κ3) is 1.43. The predicted octanol–water partition coefficient (Wildman–Crippen LogP) is 3.66. The summed E-state index contributed by atoms with van der Waals surface area (Å²) in [5, 5.41) is 8.89. The van der Waals surface area contributed by atoms with Gasteiger partial charge in [0, 0.05) is 5.92 Å². The zero-order valence-corrected chi connectivity index (χ0v) is 8.72. The minimum Gasteiger partial charge on any atom is -0.204 e. The molecule has 0 saturated heterocycles. The number of fused-ring (bicyclic) bond motifs is 1. The van der Waals surface area contributed by atoms with E-state index < -0.39 is 11.7 Å². The van der Waals surface area contributed by atoms with Crippen LogP contribution in [0.4, 0.5) is 8.78 Å². The summed E-state index contributed by atoms with van der Waals surface area (Å²) in [4.78, 5) is 0. The third-order valence-corrected chi connectivity index (χ3v) is 2.89. The van der Waals surface area contributed by atoms with Crippen LogP contribution in [0.1, 0.15) is 6.92 Å². The molecule has 1 nitrogen and oxygen atoms in total. The molecule has 16 heavy (non-hydrogen) atoms. The average Bonchev–Trinajstić information content (AvgIpc) is 2.26. The molecule has 0 heterocycles. The molecule has 0 saturated carbocycles. The molecule has 0 amide bonds. The lowest BCUT2D eigenvalue weighted by molar-refractivity contribution is 0.530. The van der Waals surface area contributed by atoms with Gasteiger partial charge in [0.1, 0.15) is 0 Å². The van der Waals surface area contributed by atoms with Gasteiger partial charge in [-0.05, 0) is 41.9 Å². The van der Waals surface area contributed by atoms with Crippen LogP contribution < -0.4 is 0 Å². The Morgan fingerprint density at radius 3 is 2.62 bits per heavy atom. The van der Waals surface area contributed by atoms with Crippen molar-refractivity contribution in [2.45, 2.75) is 6.92 Å². The molecule has 0 aromatic heterocycles. The van der Waals surface area contributed by atoms with E-state index in [-0.39, 0.29) is 5.92 Å². The van der Waals surface area contributed by atoms with Gasteiger partial charge in [-0.3, -0.25) is 0 Å². The van der Waals surface area contributed by atoms with E-state index in [1.807, 2.05) is 6.07 Å². The highest BCUT2D eigenvalue weighted by Gasteiger charge is 2.27. The van der Waals surface area contributed by atoms with Crippen LogP contribution in [0.25, 0.3) is 0 Å². The Hall–Kier alpha value is -1.95. The smallest absolute Gasteiger partial charge is 0.158 e. The monoisotopic (exact) mass is 217 g/mol. The second-order valence-corrected chi connectivity index (χ2v) is 3.80. The number of hydrogen-bond donors (Lipinski definition) is 0. The van der Waals surface area contributed by atoms with E-state index in [0.29, 0.717) is 16.7 Å². The molecule has 1 unspecified atom stereocenters. The molecule has 3 heteroatoms. The van der Waals surface area contributed by atoms with Crippen molar-refractivity contribution in [1.82, 2.24) is 0 Å². The van der Waals surface area contributed by atoms with Gasteiger partial charge in [0.15, 0.2) is 11.7 Å². The summed E-state index contributed by atoms with van der Waals surface area (Å²) in [5.41, 5.74) is 2.41. The van der Waals surface area contributed by atoms with Crippen LogP contribution >= 0.6 is 0 Å². The summed E-state index contributed by atoms with van der Waals surface area (Å²) in [7, 11) is 0. The van der Waals surface area contributed by atoms with Crippen LogP contribution in [0.3, 0.4) is 0 Å². The van der Waals surface area contributed by atoms with Crippen LogP contribution in [-0.2, 0) is 0 Å². The second-order valence-electron chi connectivity index (χ2n) is 3.80. The number of rotatable bonds is 0. The fourth-order valence-electron chi connectivity index (χ4n) is 1.86. The van der Waals surface area contributed by atoms with Crippen LogP contribution in [0.2, 0.25) is 0 Å². The highest BCUT2D eigenvalue weighted by molar-refractivity contribution is 5.60. The minimum atomic E-state index is -0.896. The van der Waals surface area contributed by atoms with Gasteiger partial charge < -0.3 is 0 Å². The normalized spacial score (nSPS) is 24.2. The molecule has 0 bridgehead atoms. The zero-order valence-electron chi connectivity index (χ0n) is 8.72. The quantitative estimate of drug-likeness (QED) is 0.607. The first kappa shape index (κ1) is 10.6. The van der Waals surface area contributed by atoms with Crippen molar-refractivity contribution >= 4 is 0 Å². The van der Waals surface area contributed by atoms with E-state index in [0.717, 1.165) is 11.6 Å². The highest BCUT2D eigenvalue weighted by atomic mass is 19.2. The third-order valence-electron chi connectivity index (χ3n) is 2.89. The maximum absolute atomic E-state index is 13.1. The Kier molecular flexibility index (Phi) is 2.35. The molecule has 2 rings (SSSR count). The van der Waals surface area contributed by atoms with Crippen molar-refractivity contribution in [3.05, 3.63) is 58.8 Å². The minimum absolute atomic E-state index is 0.350. The van der Waals surface area contributed by atoms with Crippen molar-refractivity contribution in [1.29, 1.82) is 5.26 Å². The van der Waals surface area contributed by atoms with Gasteiger partial charge in [-0.2, -0.15) is 5.26 Å². The highest BCUT2D eigenvalue weighted by Crippen LogP contribution is 2.39. The summed E-state index contributed by atoms with van der Waals surface area (Å²) in [6.45, 7) is 5.58. The van der Waals surface area contributed by atoms with Crippen molar-refractivity contribution < 1.29 is 8.78 Å². The maximum Gasteiger partial charge on any atom is 0.158 e. The summed E-state index contributed by atoms with van der Waals surface area (Å²) < 4.78 is 26.1. The predicted molar refractivity (Wildman–Crippen MR) is 57.4 cm³/mol. The van der Waals surface area contributed by atoms with Crippen molar-refractivity contribution in [2.24, 2.45) is 5.92 Å². The molecule has 0 aliphatic heterocycles. The first-order chi connectivity index (χ1) is 7.54. The van der Waals surface area contributed by atoms with Gasteiger partial charge in [0.25, 0.3) is 0 Å². The largest absolute Gasteiger partial charge is 0.204 e. The summed E-state index contributed by atoms with van der Waals surface area (Å²) in [5.74, 6) is -2.11. The van der Waals surface area contributed by atoms with E-state index in [2.05, 4.69) is 6.58 Å². The Labute approximate surface area is 92.4 Å². The molecule has 0 aromatic carbocycles. The summed E-state index contributed by atoms with van der Waals surface area (Å²) in [6.07, 6.45) is 3.90. The van der Waals surface area contributed by atoms with Crippen LogP contribution in [0.5, 0.6) is 0 Å². The van der Waals surface area contributed by atoms with Crippen LogP contribution in [0, 0.1) is 17.2 Å². The van der Waals surface area contributed by atoms with E-state index in [1.165, 1.54) is 6.08 Å². The van der Waals surface area contributed by atoms with E-state index in [9.17, 15) is 8.78 Å². The summed E-state index contributed by atoms with van der Waals surface area (Å²) >= 11 is 0. The molecule has 0 fully saturated rings. The van der Waals surface area contributed by atoms with Crippen molar-refractivity contribution in [3.8, 4) is 6.07 Å². The van der Waals surface area contributed by atoms with Crippen LogP contribution in [0.15, 0.2) is 58.8 Å².